The number of rotatable bonds is 6. The zero-order valence-electron chi connectivity index (χ0n) is 15.0. The summed E-state index contributed by atoms with van der Waals surface area (Å²) in [6.07, 6.45) is 0.140. The molecule has 0 spiro atoms. The van der Waals surface area contributed by atoms with Gasteiger partial charge in [0, 0.05) is 23.9 Å². The summed E-state index contributed by atoms with van der Waals surface area (Å²) in [5, 5.41) is 5.18. The summed E-state index contributed by atoms with van der Waals surface area (Å²) in [6, 6.07) is 14.7. The molecule has 1 N–H and O–H groups in total. The molecule has 0 aliphatic carbocycles. The summed E-state index contributed by atoms with van der Waals surface area (Å²) in [5.74, 6) is 0.0902. The highest BCUT2D eigenvalue weighted by Gasteiger charge is 2.12. The predicted octanol–water partition coefficient (Wildman–Crippen LogP) is 3.76. The van der Waals surface area contributed by atoms with E-state index in [1.165, 1.54) is 15.9 Å². The average molecular weight is 395 g/mol. The number of carbonyl (C=O) groups excluding carboxylic acids is 1. The molecule has 0 fully saturated rings. The topological polar surface area (TPSA) is 86.4 Å². The van der Waals surface area contributed by atoms with E-state index in [0.29, 0.717) is 16.2 Å². The summed E-state index contributed by atoms with van der Waals surface area (Å²) in [5.41, 5.74) is 2.90. The van der Waals surface area contributed by atoms with Crippen molar-refractivity contribution in [3.63, 3.8) is 0 Å². The maximum Gasteiger partial charge on any atom is 0.419 e. The number of ether oxygens (including phenoxy) is 1. The molecule has 0 aliphatic rings. The molecule has 0 saturated carbocycles. The molecule has 0 aliphatic heterocycles. The van der Waals surface area contributed by atoms with Gasteiger partial charge in [-0.2, -0.15) is 0 Å². The van der Waals surface area contributed by atoms with Gasteiger partial charge in [-0.1, -0.05) is 12.1 Å². The highest BCUT2D eigenvalue weighted by molar-refractivity contribution is 7.14. The quantitative estimate of drug-likeness (QED) is 0.537. The first-order chi connectivity index (χ1) is 13.6. The van der Waals surface area contributed by atoms with Crippen molar-refractivity contribution in [2.45, 2.75) is 13.0 Å². The van der Waals surface area contributed by atoms with Crippen LogP contribution < -0.4 is 15.8 Å². The Morgan fingerprint density at radius 2 is 2.00 bits per heavy atom. The van der Waals surface area contributed by atoms with E-state index >= 15 is 0 Å². The van der Waals surface area contributed by atoms with Gasteiger partial charge in [-0.05, 0) is 36.4 Å². The number of aromatic nitrogens is 2. The Hall–Kier alpha value is -3.39. The van der Waals surface area contributed by atoms with E-state index in [1.54, 1.807) is 25.3 Å². The molecule has 1 amide bonds. The number of benzene rings is 2. The Kier molecular flexibility index (Phi) is 4.94. The van der Waals surface area contributed by atoms with Crippen LogP contribution in [0.5, 0.6) is 5.75 Å². The van der Waals surface area contributed by atoms with Gasteiger partial charge in [-0.3, -0.25) is 9.36 Å². The van der Waals surface area contributed by atoms with Gasteiger partial charge in [0.1, 0.15) is 5.75 Å². The maximum absolute atomic E-state index is 12.3. The van der Waals surface area contributed by atoms with E-state index in [0.717, 1.165) is 17.0 Å². The Morgan fingerprint density at radius 3 is 2.79 bits per heavy atom. The SMILES string of the molecule is COc1ccc(-c2csc(NC(=O)CCn3c(=O)oc4ccccc43)n2)cc1. The number of hydrogen-bond acceptors (Lipinski definition) is 6. The van der Waals surface area contributed by atoms with E-state index in [-0.39, 0.29) is 18.9 Å². The Morgan fingerprint density at radius 1 is 1.21 bits per heavy atom. The molecule has 0 saturated heterocycles. The molecular formula is C20H17N3O4S. The van der Waals surface area contributed by atoms with Gasteiger partial charge < -0.3 is 14.5 Å². The van der Waals surface area contributed by atoms with Crippen molar-refractivity contribution in [3.05, 3.63) is 64.5 Å². The number of methoxy groups -OCH3 is 1. The molecule has 2 aromatic carbocycles. The van der Waals surface area contributed by atoms with Gasteiger partial charge in [0.15, 0.2) is 10.7 Å². The molecule has 0 bridgehead atoms. The fraction of sp³-hybridized carbons (Fsp3) is 0.150. The van der Waals surface area contributed by atoms with E-state index in [2.05, 4.69) is 10.3 Å². The predicted molar refractivity (Wildman–Crippen MR) is 108 cm³/mol. The number of nitrogens with zero attached hydrogens (tertiary/aromatic N) is 2. The summed E-state index contributed by atoms with van der Waals surface area (Å²) in [7, 11) is 1.62. The van der Waals surface area contributed by atoms with Crippen molar-refractivity contribution < 1.29 is 13.9 Å². The molecule has 8 heteroatoms. The van der Waals surface area contributed by atoms with E-state index in [4.69, 9.17) is 9.15 Å². The fourth-order valence-corrected chi connectivity index (χ4v) is 3.58. The number of fused-ring (bicyclic) bond motifs is 1. The smallest absolute Gasteiger partial charge is 0.419 e. The molecule has 0 radical (unpaired) electrons. The monoisotopic (exact) mass is 395 g/mol. The van der Waals surface area contributed by atoms with Crippen molar-refractivity contribution in [2.75, 3.05) is 12.4 Å². The van der Waals surface area contributed by atoms with Crippen LogP contribution in [0.1, 0.15) is 6.42 Å². The highest BCUT2D eigenvalue weighted by Crippen LogP contribution is 2.26. The van der Waals surface area contributed by atoms with Crippen LogP contribution in [-0.2, 0) is 11.3 Å². The van der Waals surface area contributed by atoms with Crippen LogP contribution in [0.2, 0.25) is 0 Å². The zero-order valence-corrected chi connectivity index (χ0v) is 15.9. The number of nitrogens with one attached hydrogen (secondary N) is 1. The molecule has 7 nitrogen and oxygen atoms in total. The van der Waals surface area contributed by atoms with Gasteiger partial charge in [-0.25, -0.2) is 9.78 Å². The molecule has 28 heavy (non-hydrogen) atoms. The highest BCUT2D eigenvalue weighted by atomic mass is 32.1. The van der Waals surface area contributed by atoms with Crippen LogP contribution in [0.4, 0.5) is 5.13 Å². The number of anilines is 1. The largest absolute Gasteiger partial charge is 0.497 e. The minimum atomic E-state index is -0.468. The standard InChI is InChI=1S/C20H17N3O4S/c1-26-14-8-6-13(7-9-14)15-12-28-19(21-15)22-18(24)10-11-23-16-4-2-3-5-17(16)27-20(23)25/h2-9,12H,10-11H2,1H3,(H,21,22,24). The van der Waals surface area contributed by atoms with Gasteiger partial charge >= 0.3 is 5.76 Å². The molecule has 4 rings (SSSR count). The van der Waals surface area contributed by atoms with Gasteiger partial charge in [-0.15, -0.1) is 11.3 Å². The van der Waals surface area contributed by atoms with Crippen molar-refractivity contribution in [3.8, 4) is 17.0 Å². The number of para-hydroxylation sites is 2. The Balaban J connectivity index is 1.40. The third-order valence-corrected chi connectivity index (χ3v) is 5.03. The van der Waals surface area contributed by atoms with Crippen LogP contribution in [0, 0.1) is 0 Å². The molecule has 0 atom stereocenters. The first-order valence-corrected chi connectivity index (χ1v) is 9.50. The minimum absolute atomic E-state index is 0.140. The van der Waals surface area contributed by atoms with Gasteiger partial charge in [0.25, 0.3) is 0 Å². The van der Waals surface area contributed by atoms with Crippen LogP contribution in [-0.4, -0.2) is 22.6 Å². The number of thiazole rings is 1. The van der Waals surface area contributed by atoms with Crippen molar-refractivity contribution in [1.82, 2.24) is 9.55 Å². The van der Waals surface area contributed by atoms with Crippen molar-refractivity contribution >= 4 is 33.5 Å². The third-order valence-electron chi connectivity index (χ3n) is 4.27. The number of carbonyl (C=O) groups is 1. The van der Waals surface area contributed by atoms with Crippen molar-refractivity contribution in [1.29, 1.82) is 0 Å². The van der Waals surface area contributed by atoms with Crippen LogP contribution in [0.15, 0.2) is 63.1 Å². The van der Waals surface area contributed by atoms with E-state index in [1.807, 2.05) is 35.7 Å². The van der Waals surface area contributed by atoms with Crippen molar-refractivity contribution in [2.24, 2.45) is 0 Å². The maximum atomic E-state index is 12.3. The number of oxazole rings is 1. The Bertz CT molecular complexity index is 1170. The van der Waals surface area contributed by atoms with Crippen LogP contribution in [0.3, 0.4) is 0 Å². The summed E-state index contributed by atoms with van der Waals surface area (Å²) in [6.45, 7) is 0.235. The molecule has 142 valence electrons. The molecular weight excluding hydrogens is 378 g/mol. The second-order valence-corrected chi connectivity index (χ2v) is 6.91. The van der Waals surface area contributed by atoms with E-state index in [9.17, 15) is 9.59 Å². The first kappa shape index (κ1) is 18.0. The van der Waals surface area contributed by atoms with Crippen LogP contribution >= 0.6 is 11.3 Å². The molecule has 4 aromatic rings. The number of hydrogen-bond donors (Lipinski definition) is 1. The fourth-order valence-electron chi connectivity index (χ4n) is 2.85. The third kappa shape index (κ3) is 3.67. The Labute approximate surface area is 164 Å². The lowest BCUT2D eigenvalue weighted by molar-refractivity contribution is -0.116. The summed E-state index contributed by atoms with van der Waals surface area (Å²) < 4.78 is 11.8. The lowest BCUT2D eigenvalue weighted by Gasteiger charge is -2.03. The first-order valence-electron chi connectivity index (χ1n) is 8.62. The normalized spacial score (nSPS) is 10.9. The summed E-state index contributed by atoms with van der Waals surface area (Å²) >= 11 is 1.35. The number of amides is 1. The zero-order chi connectivity index (χ0) is 19.5. The second kappa shape index (κ2) is 7.69. The summed E-state index contributed by atoms with van der Waals surface area (Å²) in [4.78, 5) is 28.7. The number of aryl methyl sites for hydroxylation is 1. The molecule has 2 heterocycles. The lowest BCUT2D eigenvalue weighted by atomic mass is 10.2. The van der Waals surface area contributed by atoms with Crippen LogP contribution in [0.25, 0.3) is 22.4 Å². The van der Waals surface area contributed by atoms with Gasteiger partial charge in [0.05, 0.1) is 18.3 Å². The lowest BCUT2D eigenvalue weighted by Crippen LogP contribution is -2.19. The van der Waals surface area contributed by atoms with E-state index < -0.39 is 5.76 Å². The minimum Gasteiger partial charge on any atom is -0.497 e. The molecule has 0 unspecified atom stereocenters. The van der Waals surface area contributed by atoms with Gasteiger partial charge in [0.2, 0.25) is 5.91 Å². The second-order valence-electron chi connectivity index (χ2n) is 6.05. The average Bonchev–Trinajstić information content (AvgIpc) is 3.30. The molecule has 2 aromatic heterocycles.